The number of hydrogen-bond donors (Lipinski definition) is 22. The smallest absolute Gasteiger partial charge is 0.426 e. The number of fused-ring (bicyclic) bond motifs is 1. The van der Waals surface area contributed by atoms with Gasteiger partial charge in [-0.15, -0.1) is 11.3 Å². The lowest BCUT2D eigenvalue weighted by Crippen LogP contribution is -2.60. The zero-order chi connectivity index (χ0) is 104. The van der Waals surface area contributed by atoms with Crippen LogP contribution in [0.5, 0.6) is 5.75 Å². The number of aromatic nitrogens is 5. The van der Waals surface area contributed by atoms with Crippen molar-refractivity contribution in [1.29, 1.82) is 5.41 Å². The number of likely N-dealkylation sites (tertiary alicyclic amines) is 1. The summed E-state index contributed by atoms with van der Waals surface area (Å²) in [5, 5.41) is 93.6. The number of thiazole rings is 1. The molecule has 53 heteroatoms. The third kappa shape index (κ3) is 38.0. The van der Waals surface area contributed by atoms with E-state index in [2.05, 4.69) is 83.6 Å². The minimum Gasteiger partial charge on any atom is -0.508 e. The zero-order valence-corrected chi connectivity index (χ0v) is 81.1. The van der Waals surface area contributed by atoms with E-state index < -0.39 is 248 Å². The number of carboxylic acid groups (broad SMARTS) is 5. The molecule has 0 bridgehead atoms. The number of nitrogens with zero attached hydrogens (tertiary/aromatic N) is 6. The molecule has 2 aromatic carbocycles. The number of aliphatic carboxylic acids is 5. The second-order valence-electron chi connectivity index (χ2n) is 33.9. The third-order valence-corrected chi connectivity index (χ3v) is 26.2. The number of esters is 2. The Morgan fingerprint density at radius 3 is 1.91 bits per heavy atom. The van der Waals surface area contributed by atoms with Gasteiger partial charge in [-0.3, -0.25) is 97.4 Å². The molecule has 5 aromatic rings. The van der Waals surface area contributed by atoms with E-state index in [0.29, 0.717) is 42.8 Å². The molecule has 13 atom stereocenters. The average Bonchev–Trinajstić information content (AvgIpc) is 0.998. The number of rotatable bonds is 57. The maximum absolute atomic E-state index is 15.1. The SMILES string of the molecule is CCCC(=O)OCN(C(=O)[C@@H](NC(=O)[C@H]1CCCCN1C)C(C)CC)[C@H](C[C@@H](OC(C)=O)c1nc(C(=O)N[C@@H](Cc2ccc(O)cc2)C[C@H](C)C(=O)NNC(=O)OCCSSC(C)(C)[C@@H](NC(=O)[C@@H](CC(=O)O)NC(=O)[C@@H](CC(=O)O)NC(=O)[C@@H](CCCNC(=N)N)NC(=O)[C@@H](CC(=O)O)NC(=O)CC[C@@H](NC(=O)c2ccc(NCc3cnc4nc(N)[nH]c(=O)c4n3)cc2)C(=O)O)C(=O)O)cs1)C(C)C. The molecule has 11 amide bonds. The molecule has 1 saturated heterocycles. The number of anilines is 2. The molecule has 1 fully saturated rings. The van der Waals surface area contributed by atoms with Gasteiger partial charge in [-0.25, -0.2) is 34.8 Å². The molecule has 4 heterocycles. The Hall–Kier alpha value is -14.1. The van der Waals surface area contributed by atoms with E-state index in [4.69, 9.17) is 31.1 Å². The maximum Gasteiger partial charge on any atom is 0.426 e. The van der Waals surface area contributed by atoms with Gasteiger partial charge >= 0.3 is 47.9 Å². The van der Waals surface area contributed by atoms with Crippen LogP contribution in [-0.4, -0.2) is 283 Å². The lowest BCUT2D eigenvalue weighted by Gasteiger charge is -2.39. The predicted molar refractivity (Wildman–Crippen MR) is 505 cm³/mol. The van der Waals surface area contributed by atoms with Gasteiger partial charge in [-0.1, -0.05) is 88.1 Å². The number of likely N-dealkylation sites (N-methyl/N-ethyl adjacent to an activating group) is 1. The average molecular weight is 2020 g/mol. The molecule has 1 unspecified atom stereocenters. The molecule has 50 nitrogen and oxygen atoms in total. The monoisotopic (exact) mass is 2020 g/mol. The van der Waals surface area contributed by atoms with Crippen LogP contribution in [0.1, 0.15) is 202 Å². The fraction of sp³-hybridized carbons (Fsp3) is 0.540. The molecular formula is C87H122N22O28S3. The standard InChI is InChI=1S/C87H122N22O28S3/c1-11-16-66(119)136-42-109(81(129)67(44(5)12-2)102-78(127)59-18-13-14-30-108(59)10)60(43(3)4)38-61(137-46(7)110)80-101-58(41-138-80)77(126)95-50(34-47-19-25-52(111)26-20-47)33-45(6)71(120)106-107-86(134)135-31-32-139-140-87(8,9)69(83(132)133)103-76(125)57(37-65(117)118)100-75(124)56(36-64(115)116)99-73(122)53(17-15-29-91-84(88)89)97-74(123)55(35-63(113)114)96-62(112)28-27-54(82(130)131)98-72(121)48-21-23-49(24-22-48)92-39-51-40-93-70-68(94-51)79(128)105-85(90)104-70/h19-26,40-41,43-45,50,53-57,59-61,67,69,92,111H,11-18,27-39,42H2,1-10H3,(H,95,126)(H,96,112)(H,97,123)(H,98,121)(H,99,122)(H,100,124)(H,102,127)(H,103,125)(H,106,120)(H,107,134)(H,113,114)(H,115,116)(H,117,118)(H,130,131)(H,132,133)(H4,88,89,91)(H3,90,93,104,105,128)/t44?,45-,50+,53+,54+,55+,56+,57+,59+,60+,61+,67-,69-/m0/s1. The zero-order valence-electron chi connectivity index (χ0n) is 78.6. The number of amides is 11. The first-order valence-corrected chi connectivity index (χ1v) is 47.8. The number of hydrogen-bond acceptors (Lipinski definition) is 34. The van der Waals surface area contributed by atoms with Gasteiger partial charge in [-0.05, 0) is 133 Å². The van der Waals surface area contributed by atoms with Crippen LogP contribution in [0.25, 0.3) is 11.2 Å². The minimum absolute atomic E-state index is 0.0179. The van der Waals surface area contributed by atoms with Crippen molar-refractivity contribution in [3.05, 3.63) is 98.0 Å². The number of carboxylic acids is 5. The van der Waals surface area contributed by atoms with Crippen molar-refractivity contribution in [2.45, 2.75) is 243 Å². The number of aromatic amines is 1. The highest BCUT2D eigenvalue weighted by Crippen LogP contribution is 2.39. The number of hydrazine groups is 1. The van der Waals surface area contributed by atoms with Crippen LogP contribution >= 0.6 is 32.9 Å². The van der Waals surface area contributed by atoms with Gasteiger partial charge in [0.25, 0.3) is 17.4 Å². The topological polar surface area (TPSA) is 767 Å². The van der Waals surface area contributed by atoms with Crippen LogP contribution in [0.2, 0.25) is 0 Å². The number of benzene rings is 2. The number of phenolic OH excluding ortho intramolecular Hbond substituents is 1. The molecule has 0 aliphatic carbocycles. The molecule has 0 radical (unpaired) electrons. The van der Waals surface area contributed by atoms with E-state index in [1.165, 1.54) is 80.6 Å². The van der Waals surface area contributed by atoms with E-state index in [1.54, 1.807) is 19.1 Å². The fourth-order valence-electron chi connectivity index (χ4n) is 14.3. The second-order valence-corrected chi connectivity index (χ2v) is 37.9. The largest absolute Gasteiger partial charge is 0.508 e. The molecule has 0 spiro atoms. The van der Waals surface area contributed by atoms with Crippen LogP contribution in [0.15, 0.2) is 64.9 Å². The first-order valence-electron chi connectivity index (χ1n) is 44.6. The summed E-state index contributed by atoms with van der Waals surface area (Å²) in [6, 6.07) is -3.66. The summed E-state index contributed by atoms with van der Waals surface area (Å²) in [6.07, 6.45) is -3.56. The van der Waals surface area contributed by atoms with Gasteiger partial charge in [0.1, 0.15) is 65.4 Å². The van der Waals surface area contributed by atoms with Crippen LogP contribution in [0.4, 0.5) is 16.4 Å². The second kappa shape index (κ2) is 56.1. The van der Waals surface area contributed by atoms with Crippen molar-refractivity contribution in [3.8, 4) is 5.75 Å². The number of nitrogens with two attached hydrogens (primary N) is 2. The number of nitrogen functional groups attached to an aromatic ring is 1. The number of aromatic hydroxyl groups is 1. The summed E-state index contributed by atoms with van der Waals surface area (Å²) in [7, 11) is 3.59. The van der Waals surface area contributed by atoms with Gasteiger partial charge in [0.2, 0.25) is 53.2 Å². The van der Waals surface area contributed by atoms with E-state index in [0.717, 1.165) is 45.8 Å². The number of piperidine rings is 1. The summed E-state index contributed by atoms with van der Waals surface area (Å²) in [4.78, 5) is 276. The van der Waals surface area contributed by atoms with Crippen molar-refractivity contribution in [2.75, 3.05) is 50.3 Å². The van der Waals surface area contributed by atoms with Crippen molar-refractivity contribution in [3.63, 3.8) is 0 Å². The highest BCUT2D eigenvalue weighted by atomic mass is 33.1. The number of guanidine groups is 1. The Morgan fingerprint density at radius 1 is 0.707 bits per heavy atom. The highest BCUT2D eigenvalue weighted by molar-refractivity contribution is 8.77. The van der Waals surface area contributed by atoms with Gasteiger partial charge in [0.15, 0.2) is 30.0 Å². The molecule has 0 saturated carbocycles. The Morgan fingerprint density at radius 2 is 1.33 bits per heavy atom. The lowest BCUT2D eigenvalue weighted by molar-refractivity contribution is -0.161. The summed E-state index contributed by atoms with van der Waals surface area (Å²) in [6.45, 7) is 14.2. The Bertz CT molecular complexity index is 5290. The predicted octanol–water partition coefficient (Wildman–Crippen LogP) is 1.38. The first kappa shape index (κ1) is 115. The van der Waals surface area contributed by atoms with E-state index in [-0.39, 0.29) is 102 Å². The Labute approximate surface area is 814 Å². The number of nitrogens with one attached hydrogen (secondary N) is 14. The summed E-state index contributed by atoms with van der Waals surface area (Å²) in [5.41, 5.74) is 15.9. The van der Waals surface area contributed by atoms with Gasteiger partial charge in [0, 0.05) is 73.1 Å². The lowest BCUT2D eigenvalue weighted by atomic mass is 9.92. The van der Waals surface area contributed by atoms with Crippen molar-refractivity contribution in [2.24, 2.45) is 23.5 Å². The Balaban J connectivity index is 1.04. The van der Waals surface area contributed by atoms with Crippen LogP contribution in [0, 0.1) is 23.2 Å². The molecule has 3 aromatic heterocycles. The number of carbonyl (C=O) groups is 18. The Kier molecular flexibility index (Phi) is 45.9. The van der Waals surface area contributed by atoms with E-state index in [9.17, 15) is 117 Å². The molecule has 24 N–H and O–H groups in total. The summed E-state index contributed by atoms with van der Waals surface area (Å²) < 4.78 is 15.3. The molecule has 1 aliphatic rings. The van der Waals surface area contributed by atoms with E-state index in [1.807, 2.05) is 45.0 Å². The van der Waals surface area contributed by atoms with Crippen LogP contribution in [0.3, 0.4) is 0 Å². The van der Waals surface area contributed by atoms with Crippen molar-refractivity contribution >= 4 is 169 Å². The van der Waals surface area contributed by atoms with Crippen molar-refractivity contribution in [1.82, 2.24) is 93.4 Å². The summed E-state index contributed by atoms with van der Waals surface area (Å²) >= 11 is 0.983. The van der Waals surface area contributed by atoms with Crippen molar-refractivity contribution < 1.29 is 131 Å². The number of H-pyrrole nitrogens is 1. The summed E-state index contributed by atoms with van der Waals surface area (Å²) in [5.74, 6) is -22.6. The minimum atomic E-state index is -2.25. The number of ether oxygens (including phenoxy) is 3. The first-order chi connectivity index (χ1) is 66.1. The third-order valence-electron chi connectivity index (χ3n) is 22.0. The van der Waals surface area contributed by atoms with Gasteiger partial charge in [0.05, 0.1) is 48.5 Å². The van der Waals surface area contributed by atoms with E-state index >= 15 is 4.79 Å². The quantitative estimate of drug-likeness (QED) is 0.00382. The molecule has 6 rings (SSSR count). The van der Waals surface area contributed by atoms with Crippen LogP contribution < -0.4 is 81.0 Å². The van der Waals surface area contributed by atoms with Gasteiger partial charge < -0.3 is 114 Å². The highest BCUT2D eigenvalue weighted by Gasteiger charge is 2.44. The fourth-order valence-corrected chi connectivity index (χ4v) is 17.6. The molecule has 1 aliphatic heterocycles. The number of carbonyl (C=O) groups excluding carboxylic acids is 13. The number of phenols is 1. The van der Waals surface area contributed by atoms with Crippen LogP contribution in [-0.2, 0) is 99.1 Å². The normalized spacial score (nSPS) is 15.1. The molecular weight excluding hydrogens is 1900 g/mol. The van der Waals surface area contributed by atoms with Gasteiger partial charge in [-0.2, -0.15) is 4.98 Å². The maximum atomic E-state index is 15.1. The molecule has 140 heavy (non-hydrogen) atoms. The molecule has 766 valence electrons.